The molecule has 18 heavy (non-hydrogen) atoms. The Morgan fingerprint density at radius 2 is 1.89 bits per heavy atom. The van der Waals surface area contributed by atoms with Gasteiger partial charge >= 0.3 is 0 Å². The van der Waals surface area contributed by atoms with E-state index >= 15 is 0 Å². The molecular formula is C15H23NO2. The summed E-state index contributed by atoms with van der Waals surface area (Å²) >= 11 is 0. The largest absolute Gasteiger partial charge is 0.385 e. The lowest BCUT2D eigenvalue weighted by molar-refractivity contribution is 0.0765. The third kappa shape index (κ3) is 5.82. The van der Waals surface area contributed by atoms with E-state index in [1.807, 2.05) is 24.3 Å². The van der Waals surface area contributed by atoms with E-state index in [-0.39, 0.29) is 5.78 Å². The lowest BCUT2D eigenvalue weighted by Crippen LogP contribution is -2.07. The summed E-state index contributed by atoms with van der Waals surface area (Å²) in [6.45, 7) is 7.43. The molecule has 1 aromatic rings. The van der Waals surface area contributed by atoms with Gasteiger partial charge < -0.3 is 10.1 Å². The van der Waals surface area contributed by atoms with E-state index in [0.29, 0.717) is 6.10 Å². The number of Topliss-reactive ketones (excluding diaryl/α,β-unsaturated/α-hetero) is 1. The third-order valence-corrected chi connectivity index (χ3v) is 2.64. The molecule has 1 rings (SSSR count). The molecule has 0 aliphatic heterocycles. The fraction of sp³-hybridized carbons (Fsp3) is 0.533. The monoisotopic (exact) mass is 249 g/mol. The Balaban J connectivity index is 2.17. The Kier molecular flexibility index (Phi) is 6.44. The van der Waals surface area contributed by atoms with Gasteiger partial charge in [-0.25, -0.2) is 0 Å². The molecule has 100 valence electrons. The van der Waals surface area contributed by atoms with Gasteiger partial charge in [-0.05, 0) is 57.9 Å². The van der Waals surface area contributed by atoms with E-state index in [9.17, 15) is 4.79 Å². The highest BCUT2D eigenvalue weighted by Crippen LogP contribution is 2.10. The highest BCUT2D eigenvalue weighted by atomic mass is 16.5. The van der Waals surface area contributed by atoms with E-state index in [0.717, 1.165) is 37.2 Å². The SMILES string of the molecule is CC(=O)c1ccc(NCCCCOC(C)C)cc1. The van der Waals surface area contributed by atoms with Crippen LogP contribution >= 0.6 is 0 Å². The molecule has 1 aromatic carbocycles. The van der Waals surface area contributed by atoms with Crippen molar-refractivity contribution < 1.29 is 9.53 Å². The molecule has 0 bridgehead atoms. The van der Waals surface area contributed by atoms with Crippen LogP contribution in [-0.4, -0.2) is 25.0 Å². The van der Waals surface area contributed by atoms with E-state index in [1.165, 1.54) is 0 Å². The molecule has 0 saturated carbocycles. The summed E-state index contributed by atoms with van der Waals surface area (Å²) in [5, 5.41) is 3.33. The zero-order chi connectivity index (χ0) is 13.4. The molecule has 0 heterocycles. The van der Waals surface area contributed by atoms with Crippen molar-refractivity contribution in [1.82, 2.24) is 0 Å². The van der Waals surface area contributed by atoms with Crippen LogP contribution in [0.2, 0.25) is 0 Å². The van der Waals surface area contributed by atoms with Crippen molar-refractivity contribution in [1.29, 1.82) is 0 Å². The van der Waals surface area contributed by atoms with Crippen LogP contribution in [0.15, 0.2) is 24.3 Å². The van der Waals surface area contributed by atoms with Crippen LogP contribution in [0.4, 0.5) is 5.69 Å². The minimum atomic E-state index is 0.104. The van der Waals surface area contributed by atoms with E-state index < -0.39 is 0 Å². The van der Waals surface area contributed by atoms with Crippen molar-refractivity contribution >= 4 is 11.5 Å². The number of carbonyl (C=O) groups excluding carboxylic acids is 1. The maximum atomic E-state index is 11.1. The molecule has 0 spiro atoms. The fourth-order valence-corrected chi connectivity index (χ4v) is 1.60. The number of hydrogen-bond donors (Lipinski definition) is 1. The first-order valence-corrected chi connectivity index (χ1v) is 6.56. The normalized spacial score (nSPS) is 10.7. The van der Waals surface area contributed by atoms with Gasteiger partial charge in [-0.1, -0.05) is 0 Å². The topological polar surface area (TPSA) is 38.3 Å². The standard InChI is InChI=1S/C15H23NO2/c1-12(2)18-11-5-4-10-16-15-8-6-14(7-9-15)13(3)17/h6-9,12,16H,4-5,10-11H2,1-3H3. The molecule has 0 unspecified atom stereocenters. The van der Waals surface area contributed by atoms with E-state index in [1.54, 1.807) is 6.92 Å². The first kappa shape index (κ1) is 14.7. The Morgan fingerprint density at radius 3 is 2.44 bits per heavy atom. The van der Waals surface area contributed by atoms with Gasteiger partial charge in [0.15, 0.2) is 5.78 Å². The maximum absolute atomic E-state index is 11.1. The maximum Gasteiger partial charge on any atom is 0.159 e. The van der Waals surface area contributed by atoms with Gasteiger partial charge in [0.2, 0.25) is 0 Å². The van der Waals surface area contributed by atoms with Crippen molar-refractivity contribution in [3.63, 3.8) is 0 Å². The molecule has 3 nitrogen and oxygen atoms in total. The predicted octanol–water partition coefficient (Wildman–Crippen LogP) is 3.51. The van der Waals surface area contributed by atoms with Gasteiger partial charge in [-0.15, -0.1) is 0 Å². The predicted molar refractivity (Wildman–Crippen MR) is 75.3 cm³/mol. The average Bonchev–Trinajstić information content (AvgIpc) is 2.34. The summed E-state index contributed by atoms with van der Waals surface area (Å²) < 4.78 is 5.47. The van der Waals surface area contributed by atoms with Crippen LogP contribution in [0.25, 0.3) is 0 Å². The second-order valence-electron chi connectivity index (χ2n) is 4.69. The summed E-state index contributed by atoms with van der Waals surface area (Å²) in [5.74, 6) is 0.104. The van der Waals surface area contributed by atoms with Gasteiger partial charge in [0, 0.05) is 24.4 Å². The van der Waals surface area contributed by atoms with Crippen molar-refractivity contribution in [2.75, 3.05) is 18.5 Å². The van der Waals surface area contributed by atoms with Gasteiger partial charge in [0.25, 0.3) is 0 Å². The van der Waals surface area contributed by atoms with Gasteiger partial charge in [-0.3, -0.25) is 4.79 Å². The summed E-state index contributed by atoms with van der Waals surface area (Å²) in [6, 6.07) is 7.60. The number of ether oxygens (including phenoxy) is 1. The molecule has 0 aromatic heterocycles. The van der Waals surface area contributed by atoms with Crippen molar-refractivity contribution in [2.24, 2.45) is 0 Å². The Labute approximate surface area is 110 Å². The lowest BCUT2D eigenvalue weighted by atomic mass is 10.1. The highest BCUT2D eigenvalue weighted by molar-refractivity contribution is 5.94. The molecule has 0 saturated heterocycles. The first-order valence-electron chi connectivity index (χ1n) is 6.56. The zero-order valence-corrected chi connectivity index (χ0v) is 11.5. The highest BCUT2D eigenvalue weighted by Gasteiger charge is 1.98. The first-order chi connectivity index (χ1) is 8.59. The van der Waals surface area contributed by atoms with E-state index in [4.69, 9.17) is 4.74 Å². The summed E-state index contributed by atoms with van der Waals surface area (Å²) in [7, 11) is 0. The zero-order valence-electron chi connectivity index (χ0n) is 11.5. The minimum absolute atomic E-state index is 0.104. The van der Waals surface area contributed by atoms with Crippen molar-refractivity contribution in [2.45, 2.75) is 39.7 Å². The number of anilines is 1. The average molecular weight is 249 g/mol. The molecule has 0 aliphatic rings. The summed E-state index contributed by atoms with van der Waals surface area (Å²) in [4.78, 5) is 11.1. The Morgan fingerprint density at radius 1 is 1.22 bits per heavy atom. The smallest absolute Gasteiger partial charge is 0.159 e. The number of carbonyl (C=O) groups is 1. The number of hydrogen-bond acceptors (Lipinski definition) is 3. The number of unbranched alkanes of at least 4 members (excludes halogenated alkanes) is 1. The molecule has 3 heteroatoms. The minimum Gasteiger partial charge on any atom is -0.385 e. The van der Waals surface area contributed by atoms with Crippen LogP contribution in [-0.2, 0) is 4.74 Å². The van der Waals surface area contributed by atoms with E-state index in [2.05, 4.69) is 19.2 Å². The van der Waals surface area contributed by atoms with Crippen LogP contribution < -0.4 is 5.32 Å². The van der Waals surface area contributed by atoms with Gasteiger partial charge in [0.05, 0.1) is 6.10 Å². The quantitative estimate of drug-likeness (QED) is 0.566. The number of nitrogens with one attached hydrogen (secondary N) is 1. The third-order valence-electron chi connectivity index (χ3n) is 2.64. The molecule has 0 aliphatic carbocycles. The Bertz CT molecular complexity index is 357. The number of ketones is 1. The van der Waals surface area contributed by atoms with Crippen molar-refractivity contribution in [3.8, 4) is 0 Å². The second kappa shape index (κ2) is 7.88. The van der Waals surface area contributed by atoms with Gasteiger partial charge in [0.1, 0.15) is 0 Å². The van der Waals surface area contributed by atoms with Crippen LogP contribution in [0, 0.1) is 0 Å². The number of benzene rings is 1. The summed E-state index contributed by atoms with van der Waals surface area (Å²) in [5.41, 5.74) is 1.82. The van der Waals surface area contributed by atoms with Crippen LogP contribution in [0.1, 0.15) is 44.0 Å². The lowest BCUT2D eigenvalue weighted by Gasteiger charge is -2.08. The van der Waals surface area contributed by atoms with Crippen LogP contribution in [0.3, 0.4) is 0 Å². The van der Waals surface area contributed by atoms with Crippen molar-refractivity contribution in [3.05, 3.63) is 29.8 Å². The number of rotatable bonds is 8. The van der Waals surface area contributed by atoms with Crippen LogP contribution in [0.5, 0.6) is 0 Å². The fourth-order valence-electron chi connectivity index (χ4n) is 1.60. The second-order valence-corrected chi connectivity index (χ2v) is 4.69. The molecule has 1 N–H and O–H groups in total. The van der Waals surface area contributed by atoms with Gasteiger partial charge in [-0.2, -0.15) is 0 Å². The molecule has 0 atom stereocenters. The summed E-state index contributed by atoms with van der Waals surface area (Å²) in [6.07, 6.45) is 2.47. The molecule has 0 amide bonds. The molecule has 0 radical (unpaired) electrons. The molecular weight excluding hydrogens is 226 g/mol. The molecule has 0 fully saturated rings. The Hall–Kier alpha value is -1.35.